The van der Waals surface area contributed by atoms with Crippen molar-refractivity contribution in [1.82, 2.24) is 5.32 Å². The molecular weight excluding hydrogens is 216 g/mol. The van der Waals surface area contributed by atoms with Crippen molar-refractivity contribution in [3.05, 3.63) is 0 Å². The van der Waals surface area contributed by atoms with Crippen LogP contribution in [0.2, 0.25) is 0 Å². The number of hydrogen-bond acceptors (Lipinski definition) is 3. The zero-order valence-corrected chi connectivity index (χ0v) is 10.9. The third-order valence-corrected chi connectivity index (χ3v) is 3.83. The Morgan fingerprint density at radius 1 is 1.47 bits per heavy atom. The lowest BCUT2D eigenvalue weighted by molar-refractivity contribution is -0.127. The van der Waals surface area contributed by atoms with Crippen molar-refractivity contribution in [2.75, 3.05) is 6.61 Å². The van der Waals surface area contributed by atoms with Gasteiger partial charge in [0.05, 0.1) is 17.7 Å². The van der Waals surface area contributed by atoms with Crippen LogP contribution in [0, 0.1) is 5.92 Å². The largest absolute Gasteiger partial charge is 0.376 e. The van der Waals surface area contributed by atoms with E-state index in [1.54, 1.807) is 0 Å². The first kappa shape index (κ1) is 12.8. The van der Waals surface area contributed by atoms with Crippen molar-refractivity contribution in [3.63, 3.8) is 0 Å². The van der Waals surface area contributed by atoms with Crippen LogP contribution >= 0.6 is 0 Å². The maximum absolute atomic E-state index is 12.1. The van der Waals surface area contributed by atoms with E-state index < -0.39 is 5.54 Å². The predicted octanol–water partition coefficient (Wildman–Crippen LogP) is 1.19. The van der Waals surface area contributed by atoms with Gasteiger partial charge in [0, 0.05) is 6.61 Å². The van der Waals surface area contributed by atoms with Crippen LogP contribution in [-0.4, -0.2) is 30.2 Å². The van der Waals surface area contributed by atoms with Crippen LogP contribution < -0.4 is 11.1 Å². The van der Waals surface area contributed by atoms with Gasteiger partial charge < -0.3 is 15.8 Å². The molecule has 98 valence electrons. The fourth-order valence-corrected chi connectivity index (χ4v) is 2.62. The number of nitrogens with one attached hydrogen (secondary N) is 1. The first-order valence-corrected chi connectivity index (χ1v) is 6.76. The second-order valence-electron chi connectivity index (χ2n) is 5.71. The van der Waals surface area contributed by atoms with Crippen molar-refractivity contribution in [2.24, 2.45) is 11.7 Å². The van der Waals surface area contributed by atoms with Crippen molar-refractivity contribution in [1.29, 1.82) is 0 Å². The van der Waals surface area contributed by atoms with E-state index in [1.807, 2.05) is 13.8 Å². The topological polar surface area (TPSA) is 64.4 Å². The molecule has 1 aliphatic carbocycles. The molecule has 2 fully saturated rings. The molecule has 2 rings (SSSR count). The van der Waals surface area contributed by atoms with Crippen molar-refractivity contribution < 1.29 is 9.53 Å². The Kier molecular flexibility index (Phi) is 3.73. The van der Waals surface area contributed by atoms with Gasteiger partial charge >= 0.3 is 0 Å². The van der Waals surface area contributed by atoms with Crippen LogP contribution in [-0.2, 0) is 9.53 Å². The van der Waals surface area contributed by atoms with E-state index in [-0.39, 0.29) is 18.1 Å². The lowest BCUT2D eigenvalue weighted by atomic mass is 9.95. The van der Waals surface area contributed by atoms with Gasteiger partial charge in [-0.25, -0.2) is 0 Å². The molecule has 4 heteroatoms. The van der Waals surface area contributed by atoms with Gasteiger partial charge in [0.2, 0.25) is 5.91 Å². The summed E-state index contributed by atoms with van der Waals surface area (Å²) in [5.74, 6) is 0.638. The molecular formula is C13H24N2O2. The second kappa shape index (κ2) is 4.94. The molecule has 3 N–H and O–H groups in total. The Morgan fingerprint density at radius 2 is 2.18 bits per heavy atom. The van der Waals surface area contributed by atoms with Gasteiger partial charge in [-0.15, -0.1) is 0 Å². The zero-order chi connectivity index (χ0) is 12.5. The summed E-state index contributed by atoms with van der Waals surface area (Å²) in [5, 5.41) is 3.09. The summed E-state index contributed by atoms with van der Waals surface area (Å²) in [6, 6.07) is 0.176. The van der Waals surface area contributed by atoms with Crippen molar-refractivity contribution in [2.45, 2.75) is 63.6 Å². The van der Waals surface area contributed by atoms with Crippen LogP contribution in [0.15, 0.2) is 0 Å². The molecule has 3 atom stereocenters. The Bertz CT molecular complexity index is 287. The Hall–Kier alpha value is -0.610. The third-order valence-electron chi connectivity index (χ3n) is 3.83. The molecule has 17 heavy (non-hydrogen) atoms. The summed E-state index contributed by atoms with van der Waals surface area (Å²) in [6.45, 7) is 4.62. The SMILES string of the molecule is CCCC(C)(N)C(=O)NC1CCOC1C1CC1. The normalized spacial score (nSPS) is 32.2. The first-order valence-electron chi connectivity index (χ1n) is 6.76. The van der Waals surface area contributed by atoms with Gasteiger partial charge in [0.1, 0.15) is 0 Å². The summed E-state index contributed by atoms with van der Waals surface area (Å²) in [4.78, 5) is 12.1. The number of carbonyl (C=O) groups excluding carboxylic acids is 1. The third kappa shape index (κ3) is 2.99. The molecule has 0 aromatic carbocycles. The van der Waals surface area contributed by atoms with Crippen LogP contribution in [0.3, 0.4) is 0 Å². The minimum atomic E-state index is -0.745. The highest BCUT2D eigenvalue weighted by Gasteiger charge is 2.42. The first-order chi connectivity index (χ1) is 8.04. The molecule has 1 saturated carbocycles. The van der Waals surface area contributed by atoms with E-state index in [2.05, 4.69) is 5.32 Å². The quantitative estimate of drug-likeness (QED) is 0.758. The minimum absolute atomic E-state index is 0.0273. The van der Waals surface area contributed by atoms with Gasteiger partial charge in [0.15, 0.2) is 0 Å². The van der Waals surface area contributed by atoms with E-state index in [0.29, 0.717) is 5.92 Å². The Labute approximate surface area is 103 Å². The van der Waals surface area contributed by atoms with Gasteiger partial charge in [-0.1, -0.05) is 13.3 Å². The van der Waals surface area contributed by atoms with E-state index in [4.69, 9.17) is 10.5 Å². The van der Waals surface area contributed by atoms with Gasteiger partial charge in [-0.05, 0) is 38.5 Å². The maximum atomic E-state index is 12.1. The van der Waals surface area contributed by atoms with E-state index >= 15 is 0 Å². The highest BCUT2D eigenvalue weighted by molar-refractivity contribution is 5.85. The summed E-state index contributed by atoms with van der Waals surface area (Å²) >= 11 is 0. The number of hydrogen-bond donors (Lipinski definition) is 2. The fraction of sp³-hybridized carbons (Fsp3) is 0.923. The molecule has 2 aliphatic rings. The number of nitrogens with two attached hydrogens (primary N) is 1. The predicted molar refractivity (Wildman–Crippen MR) is 66.5 cm³/mol. The Balaban J connectivity index is 1.89. The molecule has 1 aliphatic heterocycles. The monoisotopic (exact) mass is 240 g/mol. The van der Waals surface area contributed by atoms with Crippen molar-refractivity contribution in [3.8, 4) is 0 Å². The maximum Gasteiger partial charge on any atom is 0.240 e. The van der Waals surface area contributed by atoms with Gasteiger partial charge in [0.25, 0.3) is 0 Å². The second-order valence-corrected chi connectivity index (χ2v) is 5.71. The van der Waals surface area contributed by atoms with Gasteiger partial charge in [-0.2, -0.15) is 0 Å². The molecule has 1 heterocycles. The zero-order valence-electron chi connectivity index (χ0n) is 10.9. The van der Waals surface area contributed by atoms with Crippen LogP contribution in [0.5, 0.6) is 0 Å². The number of ether oxygens (including phenoxy) is 1. The summed E-state index contributed by atoms with van der Waals surface area (Å²) in [6.07, 6.45) is 5.29. The van der Waals surface area contributed by atoms with E-state index in [0.717, 1.165) is 25.9 Å². The molecule has 0 aromatic rings. The smallest absolute Gasteiger partial charge is 0.240 e. The lowest BCUT2D eigenvalue weighted by Gasteiger charge is -2.27. The standard InChI is InChI=1S/C13H24N2O2/c1-3-7-13(2,14)12(16)15-10-6-8-17-11(10)9-4-5-9/h9-11H,3-8,14H2,1-2H3,(H,15,16). The lowest BCUT2D eigenvalue weighted by Crippen LogP contribution is -2.55. The number of amides is 1. The average Bonchev–Trinajstić information content (AvgIpc) is 3.00. The van der Waals surface area contributed by atoms with Crippen molar-refractivity contribution >= 4 is 5.91 Å². The summed E-state index contributed by atoms with van der Waals surface area (Å²) in [7, 11) is 0. The molecule has 0 spiro atoms. The fourth-order valence-electron chi connectivity index (χ4n) is 2.62. The molecule has 4 nitrogen and oxygen atoms in total. The molecule has 0 radical (unpaired) electrons. The molecule has 3 unspecified atom stereocenters. The Morgan fingerprint density at radius 3 is 2.76 bits per heavy atom. The minimum Gasteiger partial charge on any atom is -0.376 e. The molecule has 1 saturated heterocycles. The van der Waals surface area contributed by atoms with Crippen LogP contribution in [0.4, 0.5) is 0 Å². The van der Waals surface area contributed by atoms with Crippen LogP contribution in [0.1, 0.15) is 46.0 Å². The summed E-state index contributed by atoms with van der Waals surface area (Å²) < 4.78 is 5.71. The highest BCUT2D eigenvalue weighted by atomic mass is 16.5. The van der Waals surface area contributed by atoms with Crippen LogP contribution in [0.25, 0.3) is 0 Å². The molecule has 1 amide bonds. The highest BCUT2D eigenvalue weighted by Crippen LogP contribution is 2.38. The number of rotatable bonds is 5. The van der Waals surface area contributed by atoms with E-state index in [9.17, 15) is 4.79 Å². The summed E-state index contributed by atoms with van der Waals surface area (Å²) in [5.41, 5.74) is 5.29. The average molecular weight is 240 g/mol. The van der Waals surface area contributed by atoms with E-state index in [1.165, 1.54) is 12.8 Å². The molecule has 0 aromatic heterocycles. The number of carbonyl (C=O) groups is 1. The molecule has 0 bridgehead atoms. The van der Waals surface area contributed by atoms with Gasteiger partial charge in [-0.3, -0.25) is 4.79 Å².